The van der Waals surface area contributed by atoms with E-state index in [0.29, 0.717) is 18.7 Å². The van der Waals surface area contributed by atoms with Crippen molar-refractivity contribution in [3.05, 3.63) is 30.1 Å². The van der Waals surface area contributed by atoms with Gasteiger partial charge in [-0.25, -0.2) is 4.39 Å². The number of nitrogens with one attached hydrogen (secondary N) is 1. The van der Waals surface area contributed by atoms with Crippen molar-refractivity contribution in [1.29, 1.82) is 0 Å². The second-order valence-electron chi connectivity index (χ2n) is 3.32. The van der Waals surface area contributed by atoms with Gasteiger partial charge in [-0.2, -0.15) is 4.98 Å². The van der Waals surface area contributed by atoms with E-state index in [1.807, 2.05) is 0 Å². The van der Waals surface area contributed by atoms with E-state index in [0.717, 1.165) is 0 Å². The van der Waals surface area contributed by atoms with Crippen LogP contribution >= 0.6 is 0 Å². The summed E-state index contributed by atoms with van der Waals surface area (Å²) >= 11 is 0. The topological polar surface area (TPSA) is 60.2 Å². The van der Waals surface area contributed by atoms with Gasteiger partial charge in [0.1, 0.15) is 5.82 Å². The summed E-state index contributed by atoms with van der Waals surface area (Å²) in [5.74, 6) is -0.153. The third-order valence-electron chi connectivity index (χ3n) is 2.12. The van der Waals surface area contributed by atoms with Gasteiger partial charge in [0.05, 0.1) is 12.2 Å². The second kappa shape index (κ2) is 5.40. The summed E-state index contributed by atoms with van der Waals surface area (Å²) < 4.78 is 23.2. The first-order valence-corrected chi connectivity index (χ1v) is 5.12. The van der Waals surface area contributed by atoms with E-state index in [2.05, 4.69) is 15.5 Å². The van der Waals surface area contributed by atoms with Gasteiger partial charge >= 0.3 is 6.01 Å². The van der Waals surface area contributed by atoms with Crippen LogP contribution in [-0.2, 0) is 4.74 Å². The number of hydrogen-bond donors (Lipinski definition) is 1. The average molecular weight is 237 g/mol. The highest BCUT2D eigenvalue weighted by molar-refractivity contribution is 5.56. The second-order valence-corrected chi connectivity index (χ2v) is 3.32. The van der Waals surface area contributed by atoms with Gasteiger partial charge in [-0.05, 0) is 12.1 Å². The lowest BCUT2D eigenvalue weighted by molar-refractivity contribution is 0.210. The Morgan fingerprint density at radius 1 is 1.41 bits per heavy atom. The minimum absolute atomic E-state index is 0.225. The Morgan fingerprint density at radius 2 is 2.24 bits per heavy atom. The number of halogens is 1. The highest BCUT2D eigenvalue weighted by Crippen LogP contribution is 2.20. The molecule has 0 aliphatic heterocycles. The molecule has 1 aromatic carbocycles. The molecule has 5 nitrogen and oxygen atoms in total. The molecule has 90 valence electrons. The summed E-state index contributed by atoms with van der Waals surface area (Å²) in [6, 6.07) is 6.52. The highest BCUT2D eigenvalue weighted by Gasteiger charge is 2.11. The van der Waals surface area contributed by atoms with Gasteiger partial charge < -0.3 is 14.6 Å². The Balaban J connectivity index is 2.10. The summed E-state index contributed by atoms with van der Waals surface area (Å²) in [5.41, 5.74) is 0.316. The highest BCUT2D eigenvalue weighted by atomic mass is 19.1. The van der Waals surface area contributed by atoms with Crippen LogP contribution in [0.3, 0.4) is 0 Å². The molecule has 2 aromatic rings. The van der Waals surface area contributed by atoms with Gasteiger partial charge in [0, 0.05) is 13.7 Å². The molecule has 6 heteroatoms. The van der Waals surface area contributed by atoms with Gasteiger partial charge in [0.25, 0.3) is 0 Å². The molecule has 0 saturated heterocycles. The van der Waals surface area contributed by atoms with Crippen molar-refractivity contribution in [1.82, 2.24) is 10.1 Å². The Bertz CT molecular complexity index is 487. The molecular formula is C11H12FN3O2. The van der Waals surface area contributed by atoms with E-state index in [9.17, 15) is 4.39 Å². The molecule has 0 bridgehead atoms. The number of rotatable bonds is 5. The molecule has 0 fully saturated rings. The van der Waals surface area contributed by atoms with Crippen molar-refractivity contribution in [2.45, 2.75) is 0 Å². The number of hydrogen-bond acceptors (Lipinski definition) is 5. The van der Waals surface area contributed by atoms with E-state index in [4.69, 9.17) is 9.26 Å². The lowest BCUT2D eigenvalue weighted by Crippen LogP contribution is -2.07. The molecule has 1 aromatic heterocycles. The van der Waals surface area contributed by atoms with Crippen molar-refractivity contribution in [3.8, 4) is 11.4 Å². The zero-order valence-corrected chi connectivity index (χ0v) is 9.31. The molecular weight excluding hydrogens is 225 g/mol. The van der Waals surface area contributed by atoms with Crippen molar-refractivity contribution in [2.24, 2.45) is 0 Å². The fraction of sp³-hybridized carbons (Fsp3) is 0.273. The average Bonchev–Trinajstić information content (AvgIpc) is 2.79. The molecule has 0 aliphatic carbocycles. The van der Waals surface area contributed by atoms with Gasteiger partial charge in [-0.15, -0.1) is 0 Å². The Kier molecular flexibility index (Phi) is 3.66. The van der Waals surface area contributed by atoms with E-state index in [-0.39, 0.29) is 17.7 Å². The predicted octanol–water partition coefficient (Wildman–Crippen LogP) is 1.93. The van der Waals surface area contributed by atoms with Crippen molar-refractivity contribution in [3.63, 3.8) is 0 Å². The summed E-state index contributed by atoms with van der Waals surface area (Å²) in [6.07, 6.45) is 0. The molecule has 0 aliphatic rings. The number of ether oxygens (including phenoxy) is 1. The van der Waals surface area contributed by atoms with Crippen LogP contribution in [0, 0.1) is 5.82 Å². The van der Waals surface area contributed by atoms with Crippen LogP contribution in [0.5, 0.6) is 0 Å². The third-order valence-corrected chi connectivity index (χ3v) is 2.12. The van der Waals surface area contributed by atoms with Crippen LogP contribution in [0.25, 0.3) is 11.4 Å². The van der Waals surface area contributed by atoms with E-state index >= 15 is 0 Å². The minimum atomic E-state index is -0.378. The summed E-state index contributed by atoms with van der Waals surface area (Å²) in [5, 5.41) is 6.56. The molecule has 0 saturated carbocycles. The first-order chi connectivity index (χ1) is 8.31. The van der Waals surface area contributed by atoms with E-state index in [1.54, 1.807) is 25.3 Å². The normalized spacial score (nSPS) is 10.5. The summed E-state index contributed by atoms with van der Waals surface area (Å²) in [6.45, 7) is 1.08. The van der Waals surface area contributed by atoms with E-state index in [1.165, 1.54) is 6.07 Å². The maximum absolute atomic E-state index is 13.4. The first kappa shape index (κ1) is 11.5. The van der Waals surface area contributed by atoms with E-state index < -0.39 is 0 Å². The van der Waals surface area contributed by atoms with Crippen LogP contribution in [0.4, 0.5) is 10.4 Å². The zero-order chi connectivity index (χ0) is 12.1. The smallest absolute Gasteiger partial charge is 0.321 e. The zero-order valence-electron chi connectivity index (χ0n) is 9.31. The van der Waals surface area contributed by atoms with Crippen LogP contribution in [0.2, 0.25) is 0 Å². The van der Waals surface area contributed by atoms with Crippen molar-refractivity contribution < 1.29 is 13.7 Å². The standard InChI is InChI=1S/C11H12FN3O2/c1-16-7-6-13-11-14-10(15-17-11)8-4-2-3-5-9(8)12/h2-5H,6-7H2,1H3,(H,13,14,15). The maximum atomic E-state index is 13.4. The summed E-state index contributed by atoms with van der Waals surface area (Å²) in [7, 11) is 1.60. The Hall–Kier alpha value is -1.95. The SMILES string of the molecule is COCCNc1nc(-c2ccccc2F)no1. The van der Waals surface area contributed by atoms with Crippen molar-refractivity contribution >= 4 is 6.01 Å². The number of nitrogens with zero attached hydrogens (tertiary/aromatic N) is 2. The third kappa shape index (κ3) is 2.79. The minimum Gasteiger partial charge on any atom is -0.383 e. The monoisotopic (exact) mass is 237 g/mol. The molecule has 1 heterocycles. The molecule has 2 rings (SSSR count). The molecule has 0 spiro atoms. The van der Waals surface area contributed by atoms with Gasteiger partial charge in [-0.1, -0.05) is 17.3 Å². The number of benzene rings is 1. The molecule has 0 radical (unpaired) electrons. The summed E-state index contributed by atoms with van der Waals surface area (Å²) in [4.78, 5) is 4.03. The lowest BCUT2D eigenvalue weighted by atomic mass is 10.2. The maximum Gasteiger partial charge on any atom is 0.321 e. The largest absolute Gasteiger partial charge is 0.383 e. The number of anilines is 1. The fourth-order valence-electron chi connectivity index (χ4n) is 1.31. The molecule has 0 unspecified atom stereocenters. The van der Waals surface area contributed by atoms with Crippen LogP contribution in [0.1, 0.15) is 0 Å². The first-order valence-electron chi connectivity index (χ1n) is 5.12. The van der Waals surface area contributed by atoms with Crippen LogP contribution in [-0.4, -0.2) is 30.4 Å². The van der Waals surface area contributed by atoms with Crippen molar-refractivity contribution in [2.75, 3.05) is 25.6 Å². The molecule has 0 amide bonds. The van der Waals surface area contributed by atoms with Gasteiger partial charge in [0.2, 0.25) is 5.82 Å². The fourth-order valence-corrected chi connectivity index (χ4v) is 1.31. The van der Waals surface area contributed by atoms with Gasteiger partial charge in [0.15, 0.2) is 0 Å². The molecule has 1 N–H and O–H groups in total. The molecule has 17 heavy (non-hydrogen) atoms. The van der Waals surface area contributed by atoms with Crippen LogP contribution < -0.4 is 5.32 Å². The number of aromatic nitrogens is 2. The van der Waals surface area contributed by atoms with Crippen LogP contribution in [0.15, 0.2) is 28.8 Å². The van der Waals surface area contributed by atoms with Gasteiger partial charge in [-0.3, -0.25) is 0 Å². The number of methoxy groups -OCH3 is 1. The Morgan fingerprint density at radius 3 is 3.00 bits per heavy atom. The lowest BCUT2D eigenvalue weighted by Gasteiger charge is -1.97. The Labute approximate surface area is 97.6 Å². The predicted molar refractivity (Wildman–Crippen MR) is 60.1 cm³/mol. The quantitative estimate of drug-likeness (QED) is 0.805. The molecule has 0 atom stereocenters.